The third kappa shape index (κ3) is 2.44. The van der Waals surface area contributed by atoms with E-state index in [1.807, 2.05) is 0 Å². The minimum Gasteiger partial charge on any atom is -0.377 e. The van der Waals surface area contributed by atoms with E-state index in [0.29, 0.717) is 17.6 Å². The average molecular weight is 259 g/mol. The number of benzene rings is 1. The lowest BCUT2D eigenvalue weighted by Gasteiger charge is -2.55. The molecule has 104 valence electrons. The summed E-state index contributed by atoms with van der Waals surface area (Å²) in [4.78, 5) is 0. The van der Waals surface area contributed by atoms with Crippen molar-refractivity contribution in [1.29, 1.82) is 0 Å². The molecule has 1 aliphatic carbocycles. The fourth-order valence-corrected chi connectivity index (χ4v) is 3.93. The monoisotopic (exact) mass is 259 g/mol. The number of rotatable bonds is 5. The van der Waals surface area contributed by atoms with Crippen molar-refractivity contribution in [3.8, 4) is 0 Å². The van der Waals surface area contributed by atoms with Crippen LogP contribution in [0.1, 0.15) is 32.3 Å². The number of hydrogen-bond donors (Lipinski definition) is 1. The maximum Gasteiger partial charge on any atom is 0.0685 e. The van der Waals surface area contributed by atoms with Gasteiger partial charge in [-0.15, -0.1) is 0 Å². The predicted molar refractivity (Wildman–Crippen MR) is 78.2 cm³/mol. The Labute approximate surface area is 116 Å². The van der Waals surface area contributed by atoms with Gasteiger partial charge < -0.3 is 10.1 Å². The molecule has 2 aliphatic rings. The van der Waals surface area contributed by atoms with E-state index in [4.69, 9.17) is 4.74 Å². The molecular formula is C17H25NO. The molecule has 2 nitrogen and oxygen atoms in total. The van der Waals surface area contributed by atoms with Crippen molar-refractivity contribution in [2.24, 2.45) is 11.3 Å². The van der Waals surface area contributed by atoms with Gasteiger partial charge in [-0.2, -0.15) is 0 Å². The van der Waals surface area contributed by atoms with E-state index in [2.05, 4.69) is 49.5 Å². The van der Waals surface area contributed by atoms with Crippen LogP contribution in [0.2, 0.25) is 0 Å². The highest BCUT2D eigenvalue weighted by molar-refractivity contribution is 5.15. The third-order valence-corrected chi connectivity index (χ3v) is 4.95. The van der Waals surface area contributed by atoms with Gasteiger partial charge in [0, 0.05) is 24.0 Å². The largest absolute Gasteiger partial charge is 0.377 e. The van der Waals surface area contributed by atoms with E-state index in [9.17, 15) is 0 Å². The fourth-order valence-electron chi connectivity index (χ4n) is 3.93. The number of ether oxygens (including phenoxy) is 1. The molecule has 19 heavy (non-hydrogen) atoms. The Morgan fingerprint density at radius 3 is 2.84 bits per heavy atom. The van der Waals surface area contributed by atoms with Gasteiger partial charge in [0.05, 0.1) is 6.10 Å². The molecule has 0 aromatic heterocycles. The van der Waals surface area contributed by atoms with Crippen molar-refractivity contribution in [1.82, 2.24) is 5.32 Å². The lowest BCUT2D eigenvalue weighted by molar-refractivity contribution is -0.112. The predicted octanol–water partition coefficient (Wildman–Crippen LogP) is 3.02. The maximum absolute atomic E-state index is 5.83. The first kappa shape index (κ1) is 13.1. The van der Waals surface area contributed by atoms with Crippen LogP contribution < -0.4 is 5.32 Å². The molecule has 1 aliphatic heterocycles. The SMILES string of the molecule is CC1(C)C(NCCCc2ccccc2)C2CCOC21. The van der Waals surface area contributed by atoms with E-state index >= 15 is 0 Å². The minimum absolute atomic E-state index is 0.313. The van der Waals surface area contributed by atoms with Crippen LogP contribution in [0.25, 0.3) is 0 Å². The second kappa shape index (κ2) is 5.26. The molecule has 1 aromatic carbocycles. The van der Waals surface area contributed by atoms with Crippen LogP contribution >= 0.6 is 0 Å². The summed E-state index contributed by atoms with van der Waals surface area (Å²) in [6.45, 7) is 6.76. The van der Waals surface area contributed by atoms with Gasteiger partial charge in [-0.25, -0.2) is 0 Å². The zero-order valence-corrected chi connectivity index (χ0v) is 12.1. The molecule has 1 N–H and O–H groups in total. The molecule has 2 fully saturated rings. The summed E-state index contributed by atoms with van der Waals surface area (Å²) in [6.07, 6.45) is 4.13. The number of fused-ring (bicyclic) bond motifs is 1. The van der Waals surface area contributed by atoms with Gasteiger partial charge >= 0.3 is 0 Å². The molecule has 3 atom stereocenters. The van der Waals surface area contributed by atoms with Gasteiger partial charge in [-0.3, -0.25) is 0 Å². The van der Waals surface area contributed by atoms with E-state index in [-0.39, 0.29) is 0 Å². The molecule has 0 bridgehead atoms. The second-order valence-electron chi connectivity index (χ2n) is 6.59. The van der Waals surface area contributed by atoms with Crippen molar-refractivity contribution >= 4 is 0 Å². The van der Waals surface area contributed by atoms with Crippen molar-refractivity contribution < 1.29 is 4.74 Å². The van der Waals surface area contributed by atoms with Crippen LogP contribution in [-0.2, 0) is 11.2 Å². The molecule has 0 radical (unpaired) electrons. The lowest BCUT2D eigenvalue weighted by atomic mass is 9.57. The van der Waals surface area contributed by atoms with Crippen LogP contribution in [0.4, 0.5) is 0 Å². The van der Waals surface area contributed by atoms with Gasteiger partial charge in [0.15, 0.2) is 0 Å². The van der Waals surface area contributed by atoms with E-state index in [1.54, 1.807) is 0 Å². The Morgan fingerprint density at radius 2 is 2.05 bits per heavy atom. The fraction of sp³-hybridized carbons (Fsp3) is 0.647. The van der Waals surface area contributed by atoms with Gasteiger partial charge in [0.2, 0.25) is 0 Å². The normalized spacial score (nSPS) is 31.8. The van der Waals surface area contributed by atoms with Crippen molar-refractivity contribution in [3.05, 3.63) is 35.9 Å². The molecule has 1 aromatic rings. The quantitative estimate of drug-likeness (QED) is 0.821. The highest BCUT2D eigenvalue weighted by atomic mass is 16.5. The molecule has 1 saturated heterocycles. The summed E-state index contributed by atoms with van der Waals surface area (Å²) >= 11 is 0. The molecule has 1 saturated carbocycles. The second-order valence-corrected chi connectivity index (χ2v) is 6.59. The van der Waals surface area contributed by atoms with E-state index < -0.39 is 0 Å². The summed E-state index contributed by atoms with van der Waals surface area (Å²) in [5, 5.41) is 3.77. The number of hydrogen-bond acceptors (Lipinski definition) is 2. The van der Waals surface area contributed by atoms with Crippen molar-refractivity contribution in [2.75, 3.05) is 13.2 Å². The summed E-state index contributed by atoms with van der Waals surface area (Å²) in [5.41, 5.74) is 1.76. The van der Waals surface area contributed by atoms with Crippen molar-refractivity contribution in [2.45, 2.75) is 45.3 Å². The van der Waals surface area contributed by atoms with Crippen LogP contribution in [0.3, 0.4) is 0 Å². The van der Waals surface area contributed by atoms with Crippen LogP contribution in [0, 0.1) is 11.3 Å². The van der Waals surface area contributed by atoms with E-state index in [1.165, 1.54) is 24.8 Å². The Kier molecular flexibility index (Phi) is 3.64. The highest BCUT2D eigenvalue weighted by Crippen LogP contribution is 2.51. The van der Waals surface area contributed by atoms with Crippen LogP contribution in [0.5, 0.6) is 0 Å². The molecule has 0 spiro atoms. The van der Waals surface area contributed by atoms with E-state index in [0.717, 1.165) is 19.1 Å². The van der Waals surface area contributed by atoms with Gasteiger partial charge in [0.25, 0.3) is 0 Å². The molecular weight excluding hydrogens is 234 g/mol. The Morgan fingerprint density at radius 1 is 1.26 bits per heavy atom. The third-order valence-electron chi connectivity index (χ3n) is 4.95. The highest BCUT2D eigenvalue weighted by Gasteiger charge is 2.58. The standard InChI is InChI=1S/C17H25NO/c1-17(2)15(14-10-12-19-16(14)17)18-11-6-9-13-7-4-3-5-8-13/h3-5,7-8,14-16,18H,6,9-12H2,1-2H3. The van der Waals surface area contributed by atoms with Crippen molar-refractivity contribution in [3.63, 3.8) is 0 Å². The topological polar surface area (TPSA) is 21.3 Å². The molecule has 2 heteroatoms. The summed E-state index contributed by atoms with van der Waals surface area (Å²) < 4.78 is 5.83. The summed E-state index contributed by atoms with van der Waals surface area (Å²) in [5.74, 6) is 0.756. The maximum atomic E-state index is 5.83. The minimum atomic E-state index is 0.313. The average Bonchev–Trinajstić information content (AvgIpc) is 2.86. The van der Waals surface area contributed by atoms with Gasteiger partial charge in [0.1, 0.15) is 0 Å². The number of nitrogens with one attached hydrogen (secondary N) is 1. The first-order valence-corrected chi connectivity index (χ1v) is 7.58. The molecule has 3 unspecified atom stereocenters. The smallest absolute Gasteiger partial charge is 0.0685 e. The van der Waals surface area contributed by atoms with Gasteiger partial charge in [-0.05, 0) is 31.4 Å². The summed E-state index contributed by atoms with van der Waals surface area (Å²) in [6, 6.07) is 11.4. The Hall–Kier alpha value is -0.860. The lowest BCUT2D eigenvalue weighted by Crippen LogP contribution is -2.65. The van der Waals surface area contributed by atoms with Crippen LogP contribution in [-0.4, -0.2) is 25.3 Å². The molecule has 0 amide bonds. The summed E-state index contributed by atoms with van der Waals surface area (Å²) in [7, 11) is 0. The molecule has 3 rings (SSSR count). The Balaban J connectivity index is 1.43. The van der Waals surface area contributed by atoms with Gasteiger partial charge in [-0.1, -0.05) is 44.2 Å². The zero-order chi connectivity index (χ0) is 13.3. The zero-order valence-electron chi connectivity index (χ0n) is 12.1. The number of aryl methyl sites for hydroxylation is 1. The van der Waals surface area contributed by atoms with Crippen LogP contribution in [0.15, 0.2) is 30.3 Å². The Bertz CT molecular complexity index is 415. The first-order chi connectivity index (χ1) is 9.19. The first-order valence-electron chi connectivity index (χ1n) is 7.58. The molecule has 1 heterocycles.